The summed E-state index contributed by atoms with van der Waals surface area (Å²) in [4.78, 5) is 4.73. The second-order valence-electron chi connectivity index (χ2n) is 4.35. The van der Waals surface area contributed by atoms with Gasteiger partial charge in [-0.3, -0.25) is 4.99 Å². The molecule has 96 valence electrons. The van der Waals surface area contributed by atoms with E-state index in [4.69, 9.17) is 4.99 Å². The third kappa shape index (κ3) is 3.90. The summed E-state index contributed by atoms with van der Waals surface area (Å²) in [6.07, 6.45) is 2.08. The Kier molecular flexibility index (Phi) is 4.69. The van der Waals surface area contributed by atoms with Crippen molar-refractivity contribution >= 4 is 33.4 Å². The number of para-hydroxylation sites is 1. The Morgan fingerprint density at radius 1 is 0.947 bits per heavy atom. The topological polar surface area (TPSA) is 12.4 Å². The predicted octanol–water partition coefficient (Wildman–Crippen LogP) is 5.58. The summed E-state index contributed by atoms with van der Waals surface area (Å²) in [5.41, 5.74) is 4.28. The molecule has 2 aromatic carbocycles. The van der Waals surface area contributed by atoms with E-state index in [-0.39, 0.29) is 0 Å². The fraction of sp³-hybridized carbons (Fsp3) is 0.118. The molecule has 0 fully saturated rings. The first-order chi connectivity index (χ1) is 9.16. The predicted molar refractivity (Wildman–Crippen MR) is 87.3 cm³/mol. The SMILES string of the molecule is CC(=Nc1ccccc1/C=C(/C)Br)c1ccccc1. The lowest BCUT2D eigenvalue weighted by Crippen LogP contribution is -1.93. The summed E-state index contributed by atoms with van der Waals surface area (Å²) < 4.78 is 1.09. The molecule has 0 saturated heterocycles. The second-order valence-corrected chi connectivity index (χ2v) is 5.60. The molecule has 2 heteroatoms. The summed E-state index contributed by atoms with van der Waals surface area (Å²) in [5, 5.41) is 0. The smallest absolute Gasteiger partial charge is 0.0705 e. The van der Waals surface area contributed by atoms with Gasteiger partial charge in [0.05, 0.1) is 5.69 Å². The summed E-state index contributed by atoms with van der Waals surface area (Å²) >= 11 is 3.47. The monoisotopic (exact) mass is 313 g/mol. The van der Waals surface area contributed by atoms with E-state index in [1.807, 2.05) is 50.2 Å². The Bertz CT molecular complexity index is 608. The lowest BCUT2D eigenvalue weighted by molar-refractivity contribution is 1.46. The van der Waals surface area contributed by atoms with Gasteiger partial charge in [-0.25, -0.2) is 0 Å². The molecule has 0 heterocycles. The summed E-state index contributed by atoms with van der Waals surface area (Å²) in [5.74, 6) is 0. The van der Waals surface area contributed by atoms with Crippen LogP contribution in [0.3, 0.4) is 0 Å². The Balaban J connectivity index is 2.41. The molecule has 0 spiro atoms. The van der Waals surface area contributed by atoms with E-state index < -0.39 is 0 Å². The lowest BCUT2D eigenvalue weighted by atomic mass is 10.1. The van der Waals surface area contributed by atoms with Crippen molar-refractivity contribution in [2.24, 2.45) is 4.99 Å². The van der Waals surface area contributed by atoms with Gasteiger partial charge in [0.2, 0.25) is 0 Å². The van der Waals surface area contributed by atoms with Crippen LogP contribution in [0.1, 0.15) is 25.0 Å². The van der Waals surface area contributed by atoms with Crippen LogP contribution in [0.2, 0.25) is 0 Å². The van der Waals surface area contributed by atoms with E-state index in [0.717, 1.165) is 27.0 Å². The molecule has 0 saturated carbocycles. The maximum absolute atomic E-state index is 4.73. The van der Waals surface area contributed by atoms with Crippen LogP contribution in [-0.4, -0.2) is 5.71 Å². The highest BCUT2D eigenvalue weighted by Crippen LogP contribution is 2.23. The standard InChI is InChI=1S/C17H16BrN/c1-13(18)12-16-10-6-7-11-17(16)19-14(2)15-8-4-3-5-9-15/h3-12H,1-2H3/b13-12-,19-14?. The van der Waals surface area contributed by atoms with Crippen molar-refractivity contribution in [1.29, 1.82) is 0 Å². The lowest BCUT2D eigenvalue weighted by Gasteiger charge is -2.04. The molecule has 0 aromatic heterocycles. The number of halogens is 1. The maximum Gasteiger partial charge on any atom is 0.0705 e. The van der Waals surface area contributed by atoms with Crippen molar-refractivity contribution in [2.75, 3.05) is 0 Å². The van der Waals surface area contributed by atoms with E-state index in [2.05, 4.69) is 40.2 Å². The Hall–Kier alpha value is -1.67. The minimum atomic E-state index is 0.989. The average Bonchev–Trinajstić information content (AvgIpc) is 2.41. The normalized spacial score (nSPS) is 12.6. The highest BCUT2D eigenvalue weighted by Gasteiger charge is 2.00. The number of benzene rings is 2. The highest BCUT2D eigenvalue weighted by atomic mass is 79.9. The number of allylic oxidation sites excluding steroid dienone is 1. The molecule has 2 aromatic rings. The van der Waals surface area contributed by atoms with Gasteiger partial charge in [0.25, 0.3) is 0 Å². The first kappa shape index (κ1) is 13.8. The molecule has 0 aliphatic heterocycles. The number of hydrogen-bond donors (Lipinski definition) is 0. The Labute approximate surface area is 122 Å². The fourth-order valence-corrected chi connectivity index (χ4v) is 2.10. The molecule has 0 radical (unpaired) electrons. The van der Waals surface area contributed by atoms with Gasteiger partial charge in [0, 0.05) is 11.3 Å². The first-order valence-corrected chi connectivity index (χ1v) is 6.99. The molecule has 1 nitrogen and oxygen atoms in total. The molecule has 0 atom stereocenters. The van der Waals surface area contributed by atoms with Crippen LogP contribution in [0, 0.1) is 0 Å². The Morgan fingerprint density at radius 3 is 2.26 bits per heavy atom. The van der Waals surface area contributed by atoms with Crippen LogP contribution >= 0.6 is 15.9 Å². The van der Waals surface area contributed by atoms with Crippen molar-refractivity contribution in [3.8, 4) is 0 Å². The van der Waals surface area contributed by atoms with Gasteiger partial charge >= 0.3 is 0 Å². The quantitative estimate of drug-likeness (QED) is 0.656. The zero-order valence-corrected chi connectivity index (χ0v) is 12.7. The Morgan fingerprint density at radius 2 is 1.58 bits per heavy atom. The molecular weight excluding hydrogens is 298 g/mol. The van der Waals surface area contributed by atoms with Gasteiger partial charge in [-0.15, -0.1) is 0 Å². The molecule has 0 amide bonds. The molecule has 0 N–H and O–H groups in total. The van der Waals surface area contributed by atoms with Gasteiger partial charge < -0.3 is 0 Å². The maximum atomic E-state index is 4.73. The molecule has 0 aliphatic carbocycles. The van der Waals surface area contributed by atoms with E-state index in [0.29, 0.717) is 0 Å². The largest absolute Gasteiger partial charge is 0.253 e. The van der Waals surface area contributed by atoms with E-state index in [1.165, 1.54) is 0 Å². The summed E-state index contributed by atoms with van der Waals surface area (Å²) in [6, 6.07) is 18.4. The highest BCUT2D eigenvalue weighted by molar-refractivity contribution is 9.11. The van der Waals surface area contributed by atoms with Crippen molar-refractivity contribution in [1.82, 2.24) is 0 Å². The molecular formula is C17H16BrN. The first-order valence-electron chi connectivity index (χ1n) is 6.20. The molecule has 0 unspecified atom stereocenters. The van der Waals surface area contributed by atoms with Gasteiger partial charge in [-0.05, 0) is 36.0 Å². The van der Waals surface area contributed by atoms with Gasteiger partial charge in [-0.2, -0.15) is 0 Å². The number of rotatable bonds is 3. The molecule has 19 heavy (non-hydrogen) atoms. The minimum Gasteiger partial charge on any atom is -0.253 e. The summed E-state index contributed by atoms with van der Waals surface area (Å²) in [6.45, 7) is 4.06. The van der Waals surface area contributed by atoms with Crippen LogP contribution in [-0.2, 0) is 0 Å². The summed E-state index contributed by atoms with van der Waals surface area (Å²) in [7, 11) is 0. The van der Waals surface area contributed by atoms with Crippen molar-refractivity contribution < 1.29 is 0 Å². The van der Waals surface area contributed by atoms with E-state index >= 15 is 0 Å². The minimum absolute atomic E-state index is 0.989. The van der Waals surface area contributed by atoms with Crippen LogP contribution in [0.4, 0.5) is 5.69 Å². The molecule has 2 rings (SSSR count). The molecule has 0 aliphatic rings. The molecule has 0 bridgehead atoms. The fourth-order valence-electron chi connectivity index (χ4n) is 1.85. The van der Waals surface area contributed by atoms with Gasteiger partial charge in [0.15, 0.2) is 0 Å². The van der Waals surface area contributed by atoms with E-state index in [1.54, 1.807) is 0 Å². The van der Waals surface area contributed by atoms with Crippen LogP contribution in [0.25, 0.3) is 6.08 Å². The number of nitrogens with zero attached hydrogens (tertiary/aromatic N) is 1. The van der Waals surface area contributed by atoms with Gasteiger partial charge in [-0.1, -0.05) is 64.5 Å². The van der Waals surface area contributed by atoms with Crippen LogP contribution in [0.5, 0.6) is 0 Å². The van der Waals surface area contributed by atoms with Crippen LogP contribution < -0.4 is 0 Å². The van der Waals surface area contributed by atoms with Gasteiger partial charge in [0.1, 0.15) is 0 Å². The number of hydrogen-bond acceptors (Lipinski definition) is 1. The second kappa shape index (κ2) is 6.48. The van der Waals surface area contributed by atoms with Crippen LogP contribution in [0.15, 0.2) is 64.1 Å². The van der Waals surface area contributed by atoms with E-state index in [9.17, 15) is 0 Å². The third-order valence-corrected chi connectivity index (χ3v) is 3.00. The van der Waals surface area contributed by atoms with Crippen molar-refractivity contribution in [3.05, 3.63) is 70.2 Å². The zero-order valence-electron chi connectivity index (χ0n) is 11.1. The van der Waals surface area contributed by atoms with Crippen molar-refractivity contribution in [2.45, 2.75) is 13.8 Å². The zero-order chi connectivity index (χ0) is 13.7. The van der Waals surface area contributed by atoms with Crippen molar-refractivity contribution in [3.63, 3.8) is 0 Å². The third-order valence-electron chi connectivity index (χ3n) is 2.77. The number of aliphatic imine (C=N–C) groups is 1. The average molecular weight is 314 g/mol.